The Hall–Kier alpha value is -0.760. The monoisotopic (exact) mass is 246 g/mol. The van der Waals surface area contributed by atoms with Crippen LogP contribution in [0.3, 0.4) is 0 Å². The normalized spacial score (nSPS) is 14.3. The van der Waals surface area contributed by atoms with Crippen molar-refractivity contribution in [1.82, 2.24) is 0 Å². The van der Waals surface area contributed by atoms with E-state index in [0.717, 1.165) is 0 Å². The van der Waals surface area contributed by atoms with Crippen LogP contribution in [0.2, 0.25) is 5.02 Å². The molecule has 1 aromatic rings. The van der Waals surface area contributed by atoms with Crippen LogP contribution in [0.1, 0.15) is 0 Å². The average molecular weight is 247 g/mol. The van der Waals surface area contributed by atoms with Gasteiger partial charge in [-0.15, -0.1) is 6.58 Å². The van der Waals surface area contributed by atoms with E-state index >= 15 is 0 Å². The summed E-state index contributed by atoms with van der Waals surface area (Å²) in [6, 6.07) is 6.59. The first kappa shape index (κ1) is 12.3. The molecule has 0 aromatic heterocycles. The Morgan fingerprint density at radius 2 is 2.07 bits per heavy atom. The van der Waals surface area contributed by atoms with Gasteiger partial charge >= 0.3 is 7.60 Å². The molecule has 0 bridgehead atoms. The van der Waals surface area contributed by atoms with Gasteiger partial charge in [-0.25, -0.2) is 4.57 Å². The maximum Gasteiger partial charge on any atom is 0.382 e. The fourth-order valence-electron chi connectivity index (χ4n) is 0.963. The molecular weight excluding hydrogens is 235 g/mol. The second-order valence-electron chi connectivity index (χ2n) is 2.81. The lowest BCUT2D eigenvalue weighted by Gasteiger charge is -2.15. The highest BCUT2D eigenvalue weighted by Crippen LogP contribution is 2.47. The molecule has 0 aliphatic carbocycles. The van der Waals surface area contributed by atoms with Gasteiger partial charge in [0.2, 0.25) is 0 Å². The minimum atomic E-state index is -3.10. The Balaban J connectivity index is 2.79. The highest BCUT2D eigenvalue weighted by Gasteiger charge is 2.22. The quantitative estimate of drug-likeness (QED) is 0.586. The van der Waals surface area contributed by atoms with E-state index in [4.69, 9.17) is 20.6 Å². The molecule has 15 heavy (non-hydrogen) atoms. The lowest BCUT2D eigenvalue weighted by molar-refractivity contribution is 0.325. The zero-order valence-corrected chi connectivity index (χ0v) is 10.0. The van der Waals surface area contributed by atoms with Crippen molar-refractivity contribution in [2.45, 2.75) is 0 Å². The summed E-state index contributed by atoms with van der Waals surface area (Å²) in [6.45, 7) is 3.50. The number of hydrogen-bond donors (Lipinski definition) is 0. The summed E-state index contributed by atoms with van der Waals surface area (Å²) in [5.74, 6) is 0.464. The molecule has 0 aliphatic rings. The third-order valence-corrected chi connectivity index (χ3v) is 3.69. The van der Waals surface area contributed by atoms with Crippen molar-refractivity contribution >= 4 is 19.2 Å². The van der Waals surface area contributed by atoms with E-state index in [1.807, 2.05) is 0 Å². The average Bonchev–Trinajstić information content (AvgIpc) is 2.22. The molecule has 0 saturated carbocycles. The van der Waals surface area contributed by atoms with Gasteiger partial charge in [-0.3, -0.25) is 0 Å². The van der Waals surface area contributed by atoms with Gasteiger partial charge in [0.15, 0.2) is 0 Å². The van der Waals surface area contributed by atoms with Crippen molar-refractivity contribution in [2.75, 3.05) is 13.3 Å². The smallest absolute Gasteiger partial charge is 0.382 e. The van der Waals surface area contributed by atoms with Gasteiger partial charge in [0, 0.05) is 12.1 Å². The van der Waals surface area contributed by atoms with Gasteiger partial charge in [-0.05, 0) is 24.3 Å². The maximum absolute atomic E-state index is 11.9. The molecule has 0 saturated heterocycles. The molecule has 0 radical (unpaired) electrons. The Labute approximate surface area is 94.2 Å². The van der Waals surface area contributed by atoms with Crippen LogP contribution in [0.5, 0.6) is 5.75 Å². The summed E-state index contributed by atoms with van der Waals surface area (Å²) in [5.41, 5.74) is 0. The topological polar surface area (TPSA) is 35.5 Å². The van der Waals surface area contributed by atoms with E-state index in [-0.39, 0.29) is 6.16 Å². The van der Waals surface area contributed by atoms with Crippen molar-refractivity contribution in [1.29, 1.82) is 0 Å². The molecule has 0 heterocycles. The molecular formula is C10H12ClO3P. The summed E-state index contributed by atoms with van der Waals surface area (Å²) in [6.07, 6.45) is 1.67. The Morgan fingerprint density at radius 1 is 1.47 bits per heavy atom. The van der Waals surface area contributed by atoms with E-state index in [1.54, 1.807) is 24.3 Å². The van der Waals surface area contributed by atoms with Crippen LogP contribution in [0, 0.1) is 0 Å². The molecule has 1 rings (SSSR count). The Bertz CT molecular complexity index is 375. The van der Waals surface area contributed by atoms with Gasteiger partial charge in [0.05, 0.1) is 6.16 Å². The first-order valence-corrected chi connectivity index (χ1v) is 6.41. The Morgan fingerprint density at radius 3 is 2.53 bits per heavy atom. The van der Waals surface area contributed by atoms with Crippen LogP contribution in [-0.4, -0.2) is 13.3 Å². The van der Waals surface area contributed by atoms with Crippen LogP contribution in [0.15, 0.2) is 36.9 Å². The van der Waals surface area contributed by atoms with Crippen molar-refractivity contribution in [3.63, 3.8) is 0 Å². The molecule has 5 heteroatoms. The predicted molar refractivity (Wildman–Crippen MR) is 61.8 cm³/mol. The molecule has 1 aromatic carbocycles. The van der Waals surface area contributed by atoms with Crippen LogP contribution >= 0.6 is 19.2 Å². The first-order chi connectivity index (χ1) is 7.09. The van der Waals surface area contributed by atoms with Crippen LogP contribution in [0.25, 0.3) is 0 Å². The molecule has 0 N–H and O–H groups in total. The van der Waals surface area contributed by atoms with Crippen molar-refractivity contribution < 1.29 is 13.6 Å². The number of halogens is 1. The zero-order chi connectivity index (χ0) is 11.3. The van der Waals surface area contributed by atoms with Gasteiger partial charge in [-0.1, -0.05) is 17.7 Å². The number of allylic oxidation sites excluding steroid dienone is 1. The summed E-state index contributed by atoms with van der Waals surface area (Å²) >= 11 is 5.71. The van der Waals surface area contributed by atoms with Gasteiger partial charge in [0.1, 0.15) is 5.75 Å². The summed E-state index contributed by atoms with van der Waals surface area (Å²) in [4.78, 5) is 0. The van der Waals surface area contributed by atoms with Gasteiger partial charge < -0.3 is 9.05 Å². The fraction of sp³-hybridized carbons (Fsp3) is 0.200. The minimum absolute atomic E-state index is 0.173. The van der Waals surface area contributed by atoms with Crippen molar-refractivity contribution in [3.05, 3.63) is 41.9 Å². The first-order valence-electron chi connectivity index (χ1n) is 4.30. The van der Waals surface area contributed by atoms with Crippen LogP contribution < -0.4 is 4.52 Å². The largest absolute Gasteiger partial charge is 0.424 e. The SMILES string of the molecule is C=CCP(=O)(OC)Oc1ccc(Cl)cc1. The van der Waals surface area contributed by atoms with E-state index in [0.29, 0.717) is 10.8 Å². The number of rotatable bonds is 5. The van der Waals surface area contributed by atoms with Gasteiger partial charge in [-0.2, -0.15) is 0 Å². The third-order valence-electron chi connectivity index (χ3n) is 1.69. The fourth-order valence-corrected chi connectivity index (χ4v) is 2.15. The lowest BCUT2D eigenvalue weighted by Crippen LogP contribution is -1.98. The van der Waals surface area contributed by atoms with Crippen molar-refractivity contribution in [2.24, 2.45) is 0 Å². The second-order valence-corrected chi connectivity index (χ2v) is 5.38. The summed E-state index contributed by atoms with van der Waals surface area (Å²) in [5, 5.41) is 0.596. The Kier molecular flexibility index (Phi) is 4.40. The highest BCUT2D eigenvalue weighted by molar-refractivity contribution is 7.54. The van der Waals surface area contributed by atoms with Crippen molar-refractivity contribution in [3.8, 4) is 5.75 Å². The molecule has 3 nitrogen and oxygen atoms in total. The standard InChI is InChI=1S/C10H12ClO3P/c1-3-8-15(12,13-2)14-10-6-4-9(11)5-7-10/h3-7H,1,8H2,2H3. The third kappa shape index (κ3) is 3.71. The van der Waals surface area contributed by atoms with E-state index in [2.05, 4.69) is 6.58 Å². The number of benzene rings is 1. The molecule has 82 valence electrons. The minimum Gasteiger partial charge on any atom is -0.424 e. The maximum atomic E-state index is 11.9. The molecule has 0 aliphatic heterocycles. The van der Waals surface area contributed by atoms with Crippen LogP contribution in [-0.2, 0) is 9.09 Å². The highest BCUT2D eigenvalue weighted by atomic mass is 35.5. The molecule has 1 unspecified atom stereocenters. The van der Waals surface area contributed by atoms with Crippen LogP contribution in [0.4, 0.5) is 0 Å². The molecule has 0 spiro atoms. The molecule has 1 atom stereocenters. The van der Waals surface area contributed by atoms with Gasteiger partial charge in [0.25, 0.3) is 0 Å². The van der Waals surface area contributed by atoms with E-state index in [1.165, 1.54) is 13.2 Å². The molecule has 0 fully saturated rings. The zero-order valence-electron chi connectivity index (χ0n) is 8.35. The molecule has 0 amide bonds. The second kappa shape index (κ2) is 5.36. The number of hydrogen-bond acceptors (Lipinski definition) is 3. The predicted octanol–water partition coefficient (Wildman–Crippen LogP) is 3.74. The lowest BCUT2D eigenvalue weighted by atomic mass is 10.3. The van der Waals surface area contributed by atoms with E-state index < -0.39 is 7.60 Å². The summed E-state index contributed by atoms with van der Waals surface area (Å²) < 4.78 is 22.0. The summed E-state index contributed by atoms with van der Waals surface area (Å²) in [7, 11) is -1.75. The van der Waals surface area contributed by atoms with E-state index in [9.17, 15) is 4.57 Å².